The van der Waals surface area contributed by atoms with Gasteiger partial charge in [0.25, 0.3) is 5.91 Å². The number of carbonyl (C=O) groups is 1. The van der Waals surface area contributed by atoms with Crippen LogP contribution in [0.1, 0.15) is 32.9 Å². The highest BCUT2D eigenvalue weighted by atomic mass is 32.2. The monoisotopic (exact) mass is 508 g/mol. The van der Waals surface area contributed by atoms with Crippen molar-refractivity contribution >= 4 is 27.1 Å². The second-order valence-electron chi connectivity index (χ2n) is 8.46. The Morgan fingerprint density at radius 2 is 1.86 bits per heavy atom. The van der Waals surface area contributed by atoms with Crippen LogP contribution in [0.2, 0.25) is 0 Å². The number of carbonyl (C=O) groups excluding carboxylic acids is 1. The number of furan rings is 1. The molecule has 2 heterocycles. The molecule has 4 aromatic rings. The normalized spacial score (nSPS) is 11.3. The highest BCUT2D eigenvalue weighted by Gasteiger charge is 2.25. The van der Waals surface area contributed by atoms with Crippen molar-refractivity contribution < 1.29 is 22.0 Å². The van der Waals surface area contributed by atoms with Crippen molar-refractivity contribution in [2.45, 2.75) is 32.1 Å². The zero-order valence-electron chi connectivity index (χ0n) is 20.0. The maximum atomic E-state index is 14.5. The van der Waals surface area contributed by atoms with Crippen LogP contribution in [0.3, 0.4) is 0 Å². The molecule has 0 aliphatic carbocycles. The van der Waals surface area contributed by atoms with Crippen LogP contribution in [-0.2, 0) is 22.9 Å². The number of aromatic nitrogens is 2. The summed E-state index contributed by atoms with van der Waals surface area (Å²) in [6, 6.07) is 15.3. The third-order valence-electron chi connectivity index (χ3n) is 5.51. The summed E-state index contributed by atoms with van der Waals surface area (Å²) < 4.78 is 44.4. The summed E-state index contributed by atoms with van der Waals surface area (Å²) in [5, 5.41) is 2.33. The van der Waals surface area contributed by atoms with E-state index in [2.05, 4.69) is 15.3 Å². The summed E-state index contributed by atoms with van der Waals surface area (Å²) in [7, 11) is -3.80. The Kier molecular flexibility index (Phi) is 7.16. The van der Waals surface area contributed by atoms with Gasteiger partial charge in [0.1, 0.15) is 11.6 Å². The first kappa shape index (κ1) is 25.1. The Morgan fingerprint density at radius 1 is 1.08 bits per heavy atom. The average Bonchev–Trinajstić information content (AvgIpc) is 3.34. The van der Waals surface area contributed by atoms with Gasteiger partial charge in [-0.15, -0.1) is 0 Å². The number of sulfone groups is 1. The predicted molar refractivity (Wildman–Crippen MR) is 134 cm³/mol. The molecule has 0 unspecified atom stereocenters. The Labute approximate surface area is 208 Å². The molecule has 2 aromatic heterocycles. The van der Waals surface area contributed by atoms with Gasteiger partial charge in [-0.3, -0.25) is 4.79 Å². The molecule has 10 heteroatoms. The molecule has 0 aliphatic heterocycles. The zero-order chi connectivity index (χ0) is 25.9. The smallest absolute Gasteiger partial charge is 0.276 e. The van der Waals surface area contributed by atoms with E-state index in [9.17, 15) is 17.6 Å². The van der Waals surface area contributed by atoms with Gasteiger partial charge in [-0.05, 0) is 43.7 Å². The minimum Gasteiger partial charge on any atom is -0.467 e. The molecule has 0 saturated heterocycles. The number of nitrogens with zero attached hydrogens (tertiary/aromatic N) is 3. The molecule has 4 rings (SSSR count). The highest BCUT2D eigenvalue weighted by Crippen LogP contribution is 2.26. The van der Waals surface area contributed by atoms with Crippen LogP contribution in [0.4, 0.5) is 15.8 Å². The van der Waals surface area contributed by atoms with Crippen molar-refractivity contribution in [2.75, 3.05) is 16.5 Å². The fraction of sp³-hybridized carbons (Fsp3) is 0.192. The Bertz CT molecular complexity index is 1500. The number of nitrogens with one attached hydrogen (secondary N) is 1. The van der Waals surface area contributed by atoms with Gasteiger partial charge in [-0.1, -0.05) is 35.9 Å². The summed E-state index contributed by atoms with van der Waals surface area (Å²) in [5.74, 6) is -0.488. The first-order valence-corrected chi connectivity index (χ1v) is 13.0. The molecule has 0 fully saturated rings. The molecule has 0 saturated carbocycles. The van der Waals surface area contributed by atoms with Crippen LogP contribution in [0.5, 0.6) is 0 Å². The van der Waals surface area contributed by atoms with E-state index in [0.29, 0.717) is 17.0 Å². The number of anilines is 2. The number of hydrogen-bond donors (Lipinski definition) is 1. The van der Waals surface area contributed by atoms with Gasteiger partial charge < -0.3 is 14.6 Å². The maximum absolute atomic E-state index is 14.5. The van der Waals surface area contributed by atoms with Crippen LogP contribution in [-0.4, -0.2) is 30.5 Å². The van der Waals surface area contributed by atoms with Crippen LogP contribution in [0, 0.1) is 19.7 Å². The summed E-state index contributed by atoms with van der Waals surface area (Å²) in [5.41, 5.74) is 2.86. The van der Waals surface area contributed by atoms with Crippen molar-refractivity contribution in [3.8, 4) is 0 Å². The third-order valence-corrected chi connectivity index (χ3v) is 6.37. The molecule has 1 amide bonds. The van der Waals surface area contributed by atoms with E-state index in [1.807, 2.05) is 26.0 Å². The van der Waals surface area contributed by atoms with E-state index in [1.54, 1.807) is 41.3 Å². The van der Waals surface area contributed by atoms with Crippen LogP contribution < -0.4 is 10.2 Å². The summed E-state index contributed by atoms with van der Waals surface area (Å²) >= 11 is 0. The average molecular weight is 509 g/mol. The Balaban J connectivity index is 1.81. The third kappa shape index (κ3) is 5.77. The molecule has 2 aromatic carbocycles. The van der Waals surface area contributed by atoms with Gasteiger partial charge in [0, 0.05) is 24.1 Å². The molecule has 0 atom stereocenters. The fourth-order valence-corrected chi connectivity index (χ4v) is 4.22. The predicted octanol–water partition coefficient (Wildman–Crippen LogP) is 4.69. The van der Waals surface area contributed by atoms with Gasteiger partial charge in [-0.2, -0.15) is 0 Å². The lowest BCUT2D eigenvalue weighted by molar-refractivity contribution is 0.102. The molecule has 0 aliphatic rings. The van der Waals surface area contributed by atoms with E-state index in [4.69, 9.17) is 4.42 Å². The number of benzene rings is 2. The minimum absolute atomic E-state index is 0.0544. The van der Waals surface area contributed by atoms with Crippen molar-refractivity contribution in [3.05, 3.63) is 101 Å². The SMILES string of the molecule is Cc1ccc(NC(=O)c2nc(S(C)(=O)=O)ncc2N(Cc2ccco2)Cc2ccccc2F)c(C)c1. The highest BCUT2D eigenvalue weighted by molar-refractivity contribution is 7.90. The summed E-state index contributed by atoms with van der Waals surface area (Å²) in [6.07, 6.45) is 3.74. The van der Waals surface area contributed by atoms with Gasteiger partial charge in [0.05, 0.1) is 24.7 Å². The van der Waals surface area contributed by atoms with E-state index in [-0.39, 0.29) is 24.5 Å². The molecule has 186 valence electrons. The van der Waals surface area contributed by atoms with Gasteiger partial charge in [-0.25, -0.2) is 22.8 Å². The summed E-state index contributed by atoms with van der Waals surface area (Å²) in [4.78, 5) is 23.2. The van der Waals surface area contributed by atoms with Gasteiger partial charge in [0.2, 0.25) is 15.0 Å². The fourth-order valence-electron chi connectivity index (χ4n) is 3.72. The second-order valence-corrected chi connectivity index (χ2v) is 10.4. The molecular weight excluding hydrogens is 483 g/mol. The van der Waals surface area contributed by atoms with Crippen LogP contribution >= 0.6 is 0 Å². The molecule has 0 bridgehead atoms. The summed E-state index contributed by atoms with van der Waals surface area (Å²) in [6.45, 7) is 4.01. The number of amides is 1. The van der Waals surface area contributed by atoms with E-state index >= 15 is 0 Å². The van der Waals surface area contributed by atoms with Crippen molar-refractivity contribution in [1.82, 2.24) is 9.97 Å². The van der Waals surface area contributed by atoms with Crippen molar-refractivity contribution in [1.29, 1.82) is 0 Å². The van der Waals surface area contributed by atoms with E-state index in [1.165, 1.54) is 18.5 Å². The van der Waals surface area contributed by atoms with Gasteiger partial charge in [0.15, 0.2) is 5.69 Å². The minimum atomic E-state index is -3.80. The number of aryl methyl sites for hydroxylation is 2. The Morgan fingerprint density at radius 3 is 2.53 bits per heavy atom. The number of halogens is 1. The molecule has 0 spiro atoms. The first-order valence-electron chi connectivity index (χ1n) is 11.1. The lowest BCUT2D eigenvalue weighted by Crippen LogP contribution is -2.28. The molecule has 8 nitrogen and oxygen atoms in total. The number of hydrogen-bond acceptors (Lipinski definition) is 7. The quantitative estimate of drug-likeness (QED) is 0.344. The van der Waals surface area contributed by atoms with E-state index < -0.39 is 26.7 Å². The molecule has 1 N–H and O–H groups in total. The lowest BCUT2D eigenvalue weighted by atomic mass is 10.1. The lowest BCUT2D eigenvalue weighted by Gasteiger charge is -2.26. The van der Waals surface area contributed by atoms with Crippen LogP contribution in [0.25, 0.3) is 0 Å². The standard InChI is InChI=1S/C26H25FN4O4S/c1-17-10-11-22(18(2)13-17)29-25(32)24-23(14-28-26(30-24)36(3,33)34)31(16-20-8-6-12-35-20)15-19-7-4-5-9-21(19)27/h4-14H,15-16H2,1-3H3,(H,29,32). The Hall–Kier alpha value is -4.05. The molecular formula is C26H25FN4O4S. The van der Waals surface area contributed by atoms with Crippen LogP contribution in [0.15, 0.2) is 76.6 Å². The largest absolute Gasteiger partial charge is 0.467 e. The first-order chi connectivity index (χ1) is 17.1. The molecule has 36 heavy (non-hydrogen) atoms. The number of rotatable bonds is 8. The zero-order valence-corrected chi connectivity index (χ0v) is 20.8. The topological polar surface area (TPSA) is 105 Å². The molecule has 0 radical (unpaired) electrons. The van der Waals surface area contributed by atoms with Gasteiger partial charge >= 0.3 is 0 Å². The van der Waals surface area contributed by atoms with E-state index in [0.717, 1.165) is 17.4 Å². The van der Waals surface area contributed by atoms with Crippen molar-refractivity contribution in [3.63, 3.8) is 0 Å². The second kappa shape index (κ2) is 10.3. The van der Waals surface area contributed by atoms with Crippen molar-refractivity contribution in [2.24, 2.45) is 0 Å². The maximum Gasteiger partial charge on any atom is 0.276 e.